The van der Waals surface area contributed by atoms with Crippen molar-refractivity contribution in [3.8, 4) is 0 Å². The van der Waals surface area contributed by atoms with Crippen molar-refractivity contribution < 1.29 is 113 Å². The average molecular weight is 1310 g/mol. The summed E-state index contributed by atoms with van der Waals surface area (Å²) in [6.45, 7) is 6.43. The van der Waals surface area contributed by atoms with Crippen molar-refractivity contribution in [1.82, 2.24) is 0 Å². The fourth-order valence-corrected chi connectivity index (χ4v) is 8.98. The van der Waals surface area contributed by atoms with E-state index >= 15 is 0 Å². The van der Waals surface area contributed by atoms with Crippen LogP contribution >= 0.6 is 19.7 Å². The van der Waals surface area contributed by atoms with E-state index in [4.69, 9.17) is 0 Å². The molecule has 0 saturated carbocycles. The van der Waals surface area contributed by atoms with Gasteiger partial charge in [-0.3, -0.25) is 0 Å². The molecule has 0 aliphatic carbocycles. The zero-order valence-corrected chi connectivity index (χ0v) is 42.1. The summed E-state index contributed by atoms with van der Waals surface area (Å²) in [5, 5.41) is 4.23. The second kappa shape index (κ2) is 27.5. The molecule has 0 aromatic heterocycles. The Bertz CT molecular complexity index is 2530. The van der Waals surface area contributed by atoms with Crippen molar-refractivity contribution in [1.29, 1.82) is 0 Å². The molecule has 0 unspecified atom stereocenters. The molecule has 1 nitrogen and oxygen atoms in total. The molecule has 7 aromatic rings. The summed E-state index contributed by atoms with van der Waals surface area (Å²) < 4.78 is 241. The summed E-state index contributed by atoms with van der Waals surface area (Å²) in [4.78, 5) is -6.86. The maximum Gasteiger partial charge on any atom is 4.00 e. The van der Waals surface area contributed by atoms with E-state index in [1.165, 1.54) is 32.6 Å². The van der Waals surface area contributed by atoms with Gasteiger partial charge in [0.05, 0.1) is 4.90 Å². The smallest absolute Gasteiger partial charge is 1.00 e. The van der Waals surface area contributed by atoms with Crippen LogP contribution in [-0.4, -0.2) is 5.48 Å². The Morgan fingerprint density at radius 2 is 0.472 bits per heavy atom. The van der Waals surface area contributed by atoms with Gasteiger partial charge in [-0.05, 0) is 44.6 Å². The number of benzene rings is 7. The predicted molar refractivity (Wildman–Crippen MR) is 229 cm³/mol. The SMILES string of the molecule is Cc1ccc(P(c2ccc(C)cc2)c2ccc(C)cc2)cc1.Fc1c(F)c(F)c(Sc2c(F)c(F)c(F)c(F)c2[S-])c(F)c1F.Fc1c(F)c(F)c([S-])c(F)c1F.Fc1c(F)c(F)c([S-])c(F)c1F.O.[F-].[Os+4]. The molecule has 7 aromatic carbocycles. The number of halogens is 20. The minimum Gasteiger partial charge on any atom is -1.00 e. The van der Waals surface area contributed by atoms with Crippen LogP contribution in [0.3, 0.4) is 0 Å². The third kappa shape index (κ3) is 14.3. The first-order valence-electron chi connectivity index (χ1n) is 18.2. The van der Waals surface area contributed by atoms with Gasteiger partial charge in [-0.2, -0.15) is 0 Å². The van der Waals surface area contributed by atoms with Gasteiger partial charge in [0.1, 0.15) is 29.1 Å². The fourth-order valence-electron chi connectivity index (χ4n) is 5.16. The van der Waals surface area contributed by atoms with Crippen molar-refractivity contribution in [3.63, 3.8) is 0 Å². The summed E-state index contributed by atoms with van der Waals surface area (Å²) in [7, 11) is -0.483. The second-order valence-electron chi connectivity index (χ2n) is 13.6. The minimum absolute atomic E-state index is 0. The number of hydrogen-bond acceptors (Lipinski definition) is 4. The maximum absolute atomic E-state index is 13.6. The first-order valence-corrected chi connectivity index (χ1v) is 21.6. The molecule has 0 radical (unpaired) electrons. The molecule has 0 aliphatic rings. The molecule has 0 spiro atoms. The van der Waals surface area contributed by atoms with Crippen LogP contribution < -0.4 is 20.6 Å². The summed E-state index contributed by atoms with van der Waals surface area (Å²) in [5.41, 5.74) is 3.93. The second-order valence-corrected chi connectivity index (χ2v) is 18.0. The molecule has 0 fully saturated rings. The maximum atomic E-state index is 13.6. The van der Waals surface area contributed by atoms with E-state index in [1.807, 2.05) is 0 Å². The van der Waals surface area contributed by atoms with Gasteiger partial charge in [0.2, 0.25) is 5.82 Å². The van der Waals surface area contributed by atoms with E-state index in [-0.39, 0.29) is 30.0 Å². The molecule has 0 saturated heterocycles. The van der Waals surface area contributed by atoms with Crippen LogP contribution in [0, 0.1) is 131 Å². The van der Waals surface area contributed by atoms with E-state index in [1.54, 1.807) is 0 Å². The molecule has 72 heavy (non-hydrogen) atoms. The van der Waals surface area contributed by atoms with Gasteiger partial charge in [0.15, 0.2) is 75.6 Å². The first kappa shape index (κ1) is 65.2. The third-order valence-electron chi connectivity index (χ3n) is 8.77. The Morgan fingerprint density at radius 1 is 0.292 bits per heavy atom. The monoisotopic (exact) mass is 1310 g/mol. The molecule has 2 N–H and O–H groups in total. The molecule has 0 amide bonds. The molecular weight excluding hydrogens is 1290 g/mol. The first-order chi connectivity index (χ1) is 32.1. The molecular formula is C45H23F20OOsPS4. The van der Waals surface area contributed by atoms with Crippen molar-refractivity contribution in [2.24, 2.45) is 0 Å². The van der Waals surface area contributed by atoms with E-state index < -0.39 is 155 Å². The van der Waals surface area contributed by atoms with Crippen molar-refractivity contribution in [2.75, 3.05) is 0 Å². The Labute approximate surface area is 430 Å². The average Bonchev–Trinajstić information content (AvgIpc) is 3.34. The van der Waals surface area contributed by atoms with Crippen molar-refractivity contribution in [2.45, 2.75) is 45.2 Å². The Balaban J connectivity index is 0.000000493. The van der Waals surface area contributed by atoms with E-state index in [0.29, 0.717) is 0 Å². The van der Waals surface area contributed by atoms with Crippen LogP contribution in [0.2, 0.25) is 0 Å². The van der Waals surface area contributed by atoms with Gasteiger partial charge in [0.25, 0.3) is 0 Å². The third-order valence-corrected chi connectivity index (χ3v) is 13.6. The zero-order valence-electron chi connectivity index (χ0n) is 35.4. The van der Waals surface area contributed by atoms with Crippen LogP contribution in [0.1, 0.15) is 16.7 Å². The molecule has 0 heterocycles. The topological polar surface area (TPSA) is 31.5 Å². The molecule has 0 atom stereocenters. The largest absolute Gasteiger partial charge is 4.00 e. The van der Waals surface area contributed by atoms with Crippen molar-refractivity contribution >= 4 is 73.5 Å². The van der Waals surface area contributed by atoms with Crippen LogP contribution in [0.25, 0.3) is 0 Å². The molecule has 27 heteroatoms. The predicted octanol–water partition coefficient (Wildman–Crippen LogP) is 10.1. The number of hydrogen-bond donors (Lipinski definition) is 0. The van der Waals surface area contributed by atoms with E-state index in [0.717, 1.165) is 0 Å². The zero-order chi connectivity index (χ0) is 52.1. The molecule has 7 rings (SSSR count). The van der Waals surface area contributed by atoms with Crippen LogP contribution in [0.15, 0.2) is 97.3 Å². The Hall–Kier alpha value is -4.82. The normalized spacial score (nSPS) is 10.4. The molecule has 0 bridgehead atoms. The van der Waals surface area contributed by atoms with E-state index in [9.17, 15) is 83.4 Å². The number of aryl methyl sites for hydroxylation is 3. The standard InChI is InChI=1S/C21H21P.C12HF9S2.2C6HF5S.FH.H2O.Os/c1-16-4-10-19(11-5-16)22(20-12-6-17(2)7-13-20)21-14-8-18(3)9-15-21;13-1-3(15)7(19)11(8(20)4(1)16)23-12-9(21)5(17)2(14)6(18)10(12)22;2*7-1-2(8)4(10)6(12)5(11)3(1)9;;;/h4-15H,1-3H3;22H;2*12H;1H;1H2;/q;;;;;;+4/p-4. The van der Waals surface area contributed by atoms with Crippen LogP contribution in [0.5, 0.6) is 0 Å². The van der Waals surface area contributed by atoms with Gasteiger partial charge >= 0.3 is 19.8 Å². The van der Waals surface area contributed by atoms with Gasteiger partial charge in [-0.1, -0.05) is 111 Å². The minimum atomic E-state index is -2.47. The number of rotatable bonds is 5. The van der Waals surface area contributed by atoms with Gasteiger partial charge in [-0.25, -0.2) is 83.4 Å². The quantitative estimate of drug-likeness (QED) is 0.0565. The summed E-state index contributed by atoms with van der Waals surface area (Å²) in [5.74, 6) is -41.0. The summed E-state index contributed by atoms with van der Waals surface area (Å²) in [6.07, 6.45) is 0. The Kier molecular flexibility index (Phi) is 24.9. The van der Waals surface area contributed by atoms with Crippen molar-refractivity contribution in [3.05, 3.63) is 200 Å². The molecule has 0 aliphatic heterocycles. The summed E-state index contributed by atoms with van der Waals surface area (Å²) in [6, 6.07) is 27.0. The van der Waals surface area contributed by atoms with E-state index in [2.05, 4.69) is 131 Å². The summed E-state index contributed by atoms with van der Waals surface area (Å²) >= 11 is 11.6. The van der Waals surface area contributed by atoms with Gasteiger partial charge in [0, 0.05) is 4.90 Å². The van der Waals surface area contributed by atoms with Gasteiger partial charge in [-0.15, -0.1) is 4.90 Å². The van der Waals surface area contributed by atoms with Gasteiger partial charge < -0.3 is 48.1 Å². The fraction of sp³-hybridized carbons (Fsp3) is 0.0667. The van der Waals surface area contributed by atoms with Crippen LogP contribution in [0.4, 0.5) is 83.4 Å². The molecule has 386 valence electrons. The van der Waals surface area contributed by atoms with Crippen LogP contribution in [-0.2, 0) is 57.7 Å². The Morgan fingerprint density at radius 3 is 0.708 bits per heavy atom.